The van der Waals surface area contributed by atoms with Gasteiger partial charge in [0, 0.05) is 11.8 Å². The predicted octanol–water partition coefficient (Wildman–Crippen LogP) is 1.97. The van der Waals surface area contributed by atoms with Crippen LogP contribution >= 0.6 is 12.4 Å². The Kier molecular flexibility index (Phi) is 2.98. The Morgan fingerprint density at radius 3 is 2.69 bits per heavy atom. The molecule has 0 saturated heterocycles. The van der Waals surface area contributed by atoms with Gasteiger partial charge in [0.1, 0.15) is 0 Å². The molecule has 0 aromatic heterocycles. The van der Waals surface area contributed by atoms with Crippen molar-refractivity contribution in [3.05, 3.63) is 52.8 Å². The summed E-state index contributed by atoms with van der Waals surface area (Å²) in [6.45, 7) is 0. The summed E-state index contributed by atoms with van der Waals surface area (Å²) in [6.07, 6.45) is 1.68. The minimum atomic E-state index is 0. The maximum atomic E-state index is 11.3. The van der Waals surface area contributed by atoms with Crippen molar-refractivity contribution in [2.75, 3.05) is 0 Å². The van der Waals surface area contributed by atoms with Crippen molar-refractivity contribution in [1.29, 1.82) is 0 Å². The average molecular weight is 194 g/mol. The zero-order valence-electron chi connectivity index (χ0n) is 6.81. The Hall–Kier alpha value is -1.41. The summed E-state index contributed by atoms with van der Waals surface area (Å²) in [7, 11) is 0. The molecular formula is C10H8ClNO. The molecule has 13 heavy (non-hydrogen) atoms. The van der Waals surface area contributed by atoms with Gasteiger partial charge in [-0.05, 0) is 24.3 Å². The van der Waals surface area contributed by atoms with E-state index in [1.165, 1.54) is 0 Å². The molecule has 0 spiro atoms. The summed E-state index contributed by atoms with van der Waals surface area (Å²) >= 11 is 0. The number of rotatable bonds is 0. The van der Waals surface area contributed by atoms with Gasteiger partial charge in [0.25, 0.3) is 0 Å². The van der Waals surface area contributed by atoms with E-state index in [2.05, 4.69) is 4.98 Å². The topological polar surface area (TPSA) is 30.0 Å². The number of fused-ring (bicyclic) bond motifs is 1. The van der Waals surface area contributed by atoms with Crippen LogP contribution in [0.4, 0.5) is 0 Å². The Balaban J connectivity index is 0.000000845. The van der Waals surface area contributed by atoms with Gasteiger partial charge in [-0.3, -0.25) is 9.78 Å². The fraction of sp³-hybridized carbons (Fsp3) is 0. The van der Waals surface area contributed by atoms with Crippen LogP contribution in [0.15, 0.2) is 47.4 Å². The number of halogens is 1. The minimum Gasteiger partial charge on any atom is -0.289 e. The quantitative estimate of drug-likeness (QED) is 0.641. The van der Waals surface area contributed by atoms with E-state index in [4.69, 9.17) is 0 Å². The van der Waals surface area contributed by atoms with Crippen LogP contribution in [0.5, 0.6) is 0 Å². The first-order valence-electron chi connectivity index (χ1n) is 3.72. The molecule has 2 aliphatic rings. The Morgan fingerprint density at radius 1 is 1.00 bits per heavy atom. The molecule has 1 heterocycles. The molecule has 0 bridgehead atoms. The third-order valence-electron chi connectivity index (χ3n) is 1.72. The summed E-state index contributed by atoms with van der Waals surface area (Å²) in [6, 6.07) is 10.5. The molecule has 0 saturated carbocycles. The second kappa shape index (κ2) is 4.01. The maximum absolute atomic E-state index is 11.3. The van der Waals surface area contributed by atoms with Gasteiger partial charge >= 0.3 is 0 Å². The number of hydrogen-bond donors (Lipinski definition) is 0. The van der Waals surface area contributed by atoms with E-state index in [-0.39, 0.29) is 17.8 Å². The summed E-state index contributed by atoms with van der Waals surface area (Å²) in [5, 5.41) is 0. The molecule has 0 aromatic rings. The van der Waals surface area contributed by atoms with E-state index in [0.29, 0.717) is 5.56 Å². The van der Waals surface area contributed by atoms with Gasteiger partial charge in [0.15, 0.2) is 5.43 Å². The first kappa shape index (κ1) is 9.68. The molecule has 1 aliphatic heterocycles. The van der Waals surface area contributed by atoms with Crippen LogP contribution in [0.1, 0.15) is 0 Å². The monoisotopic (exact) mass is 193 g/mol. The standard InChI is InChI=1S/C10H7NO.ClH/c12-10-6-3-5-9-8(10)4-1-2-7-11-9;/h1-7H;1H. The van der Waals surface area contributed by atoms with E-state index < -0.39 is 0 Å². The number of nitrogens with zero attached hydrogens (tertiary/aromatic N) is 1. The Bertz CT molecular complexity index is 430. The molecule has 3 heteroatoms. The van der Waals surface area contributed by atoms with Crippen molar-refractivity contribution < 1.29 is 0 Å². The third kappa shape index (κ3) is 1.84. The lowest BCUT2D eigenvalue weighted by Crippen LogP contribution is -2.01. The second-order valence-corrected chi connectivity index (χ2v) is 2.52. The molecule has 2 nitrogen and oxygen atoms in total. The Labute approximate surface area is 82.0 Å². The van der Waals surface area contributed by atoms with Crippen molar-refractivity contribution in [3.63, 3.8) is 0 Å². The highest BCUT2D eigenvalue weighted by molar-refractivity contribution is 5.85. The van der Waals surface area contributed by atoms with E-state index >= 15 is 0 Å². The van der Waals surface area contributed by atoms with Crippen LogP contribution in [0.25, 0.3) is 11.3 Å². The zero-order valence-corrected chi connectivity index (χ0v) is 7.62. The fourth-order valence-electron chi connectivity index (χ4n) is 1.14. The number of hydrogen-bond acceptors (Lipinski definition) is 2. The third-order valence-corrected chi connectivity index (χ3v) is 1.72. The highest BCUT2D eigenvalue weighted by atomic mass is 35.5. The van der Waals surface area contributed by atoms with E-state index in [0.717, 1.165) is 5.69 Å². The predicted molar refractivity (Wildman–Crippen MR) is 54.4 cm³/mol. The molecule has 1 aliphatic carbocycles. The van der Waals surface area contributed by atoms with Gasteiger partial charge in [-0.2, -0.15) is 0 Å². The first-order chi connectivity index (χ1) is 5.88. The van der Waals surface area contributed by atoms with Crippen molar-refractivity contribution in [3.8, 4) is 11.3 Å². The molecule has 0 N–H and O–H groups in total. The smallest absolute Gasteiger partial charge is 0.188 e. The van der Waals surface area contributed by atoms with Crippen LogP contribution in [-0.2, 0) is 0 Å². The van der Waals surface area contributed by atoms with Crippen molar-refractivity contribution in [1.82, 2.24) is 4.98 Å². The zero-order chi connectivity index (χ0) is 8.39. The molecule has 0 fully saturated rings. The van der Waals surface area contributed by atoms with E-state index in [1.807, 2.05) is 12.1 Å². The molecule has 0 radical (unpaired) electrons. The molecule has 0 amide bonds. The van der Waals surface area contributed by atoms with Crippen LogP contribution in [-0.4, -0.2) is 4.98 Å². The molecule has 2 rings (SSSR count). The van der Waals surface area contributed by atoms with Gasteiger partial charge in [-0.25, -0.2) is 0 Å². The average Bonchev–Trinajstić information content (AvgIpc) is 2.30. The largest absolute Gasteiger partial charge is 0.289 e. The van der Waals surface area contributed by atoms with Crippen LogP contribution in [0.2, 0.25) is 0 Å². The number of aromatic nitrogens is 1. The number of benzene rings is 1. The first-order valence-corrected chi connectivity index (χ1v) is 3.72. The lowest BCUT2D eigenvalue weighted by atomic mass is 10.1. The van der Waals surface area contributed by atoms with Crippen molar-refractivity contribution in [2.24, 2.45) is 0 Å². The molecule has 0 unspecified atom stereocenters. The van der Waals surface area contributed by atoms with Gasteiger partial charge in [0.05, 0.1) is 5.69 Å². The summed E-state index contributed by atoms with van der Waals surface area (Å²) in [5.74, 6) is 0. The second-order valence-electron chi connectivity index (χ2n) is 2.52. The molecule has 66 valence electrons. The van der Waals surface area contributed by atoms with E-state index in [1.54, 1.807) is 30.5 Å². The van der Waals surface area contributed by atoms with E-state index in [9.17, 15) is 4.79 Å². The summed E-state index contributed by atoms with van der Waals surface area (Å²) in [4.78, 5) is 15.4. The highest BCUT2D eigenvalue weighted by Crippen LogP contribution is 2.10. The fourth-order valence-corrected chi connectivity index (χ4v) is 1.14. The van der Waals surface area contributed by atoms with Crippen LogP contribution < -0.4 is 5.43 Å². The highest BCUT2D eigenvalue weighted by Gasteiger charge is 2.01. The molecular weight excluding hydrogens is 186 g/mol. The van der Waals surface area contributed by atoms with Gasteiger partial charge in [-0.15, -0.1) is 12.4 Å². The molecule has 0 atom stereocenters. The van der Waals surface area contributed by atoms with Crippen LogP contribution in [0, 0.1) is 0 Å². The Morgan fingerprint density at radius 2 is 1.85 bits per heavy atom. The SMILES string of the molecule is Cl.O=c1cccc2nccccc1-2. The molecule has 0 aromatic carbocycles. The van der Waals surface area contributed by atoms with Gasteiger partial charge in [0.2, 0.25) is 0 Å². The van der Waals surface area contributed by atoms with Gasteiger partial charge in [-0.1, -0.05) is 12.1 Å². The minimum absolute atomic E-state index is 0. The van der Waals surface area contributed by atoms with Gasteiger partial charge < -0.3 is 0 Å². The van der Waals surface area contributed by atoms with Crippen LogP contribution in [0.3, 0.4) is 0 Å². The lowest BCUT2D eigenvalue weighted by molar-refractivity contribution is 1.34. The maximum Gasteiger partial charge on any atom is 0.188 e. The summed E-state index contributed by atoms with van der Waals surface area (Å²) < 4.78 is 0. The van der Waals surface area contributed by atoms with Crippen molar-refractivity contribution in [2.45, 2.75) is 0 Å². The normalized spacial score (nSPS) is 9.23. The van der Waals surface area contributed by atoms with Crippen molar-refractivity contribution >= 4 is 12.4 Å². The summed E-state index contributed by atoms with van der Waals surface area (Å²) in [5.41, 5.74) is 1.44. The lowest BCUT2D eigenvalue weighted by Gasteiger charge is -1.94.